The highest BCUT2D eigenvalue weighted by atomic mass is 32.2. The molecule has 0 aliphatic carbocycles. The number of amides is 2. The lowest BCUT2D eigenvalue weighted by atomic mass is 10.2. The van der Waals surface area contributed by atoms with Crippen LogP contribution in [0.5, 0.6) is 0 Å². The molecule has 0 spiro atoms. The third-order valence-electron chi connectivity index (χ3n) is 4.00. The zero-order valence-corrected chi connectivity index (χ0v) is 15.1. The molecule has 0 radical (unpaired) electrons. The Kier molecular flexibility index (Phi) is 4.91. The van der Waals surface area contributed by atoms with Crippen LogP contribution in [0.4, 0.5) is 5.13 Å². The van der Waals surface area contributed by atoms with Crippen LogP contribution < -0.4 is 5.32 Å². The van der Waals surface area contributed by atoms with E-state index in [1.165, 1.54) is 28.6 Å². The van der Waals surface area contributed by atoms with Crippen LogP contribution in [0.3, 0.4) is 0 Å². The lowest BCUT2D eigenvalue weighted by Gasteiger charge is -2.23. The van der Waals surface area contributed by atoms with Crippen molar-refractivity contribution in [3.63, 3.8) is 0 Å². The first-order valence-corrected chi connectivity index (χ1v) is 10.3. The van der Waals surface area contributed by atoms with Crippen LogP contribution in [0, 0.1) is 0 Å². The molecular weight excluding hydrogens is 366 g/mol. The van der Waals surface area contributed by atoms with E-state index in [2.05, 4.69) is 10.3 Å². The van der Waals surface area contributed by atoms with Crippen molar-refractivity contribution in [2.24, 2.45) is 0 Å². The molecule has 1 aliphatic rings. The van der Waals surface area contributed by atoms with Gasteiger partial charge in [0.15, 0.2) is 20.7 Å². The molecule has 0 unspecified atom stereocenters. The predicted octanol–water partition coefficient (Wildman–Crippen LogP) is 1.18. The van der Waals surface area contributed by atoms with Crippen LogP contribution in [-0.4, -0.2) is 54.7 Å². The second kappa shape index (κ2) is 6.96. The van der Waals surface area contributed by atoms with Crippen LogP contribution in [0.15, 0.2) is 28.2 Å². The van der Waals surface area contributed by atoms with Crippen LogP contribution in [0.25, 0.3) is 0 Å². The van der Waals surface area contributed by atoms with Gasteiger partial charge in [0.1, 0.15) is 0 Å². The number of furan rings is 1. The molecule has 1 N–H and O–H groups in total. The van der Waals surface area contributed by atoms with Gasteiger partial charge in [-0.2, -0.15) is 0 Å². The maximum atomic E-state index is 12.3. The first-order chi connectivity index (χ1) is 11.8. The second-order valence-electron chi connectivity index (χ2n) is 5.81. The van der Waals surface area contributed by atoms with Crippen molar-refractivity contribution in [1.29, 1.82) is 0 Å². The van der Waals surface area contributed by atoms with Gasteiger partial charge in [-0.15, -0.1) is 11.3 Å². The number of likely N-dealkylation sites (N-methyl/N-ethyl adjacent to an activating group) is 1. The fourth-order valence-corrected chi connectivity index (χ4v) is 5.06. The first kappa shape index (κ1) is 17.6. The number of hydrogen-bond acceptors (Lipinski definition) is 7. The van der Waals surface area contributed by atoms with Gasteiger partial charge in [0.25, 0.3) is 5.91 Å². The van der Waals surface area contributed by atoms with Gasteiger partial charge in [-0.3, -0.25) is 14.9 Å². The van der Waals surface area contributed by atoms with Gasteiger partial charge in [-0.05, 0) is 18.6 Å². The quantitative estimate of drug-likeness (QED) is 0.830. The molecule has 25 heavy (non-hydrogen) atoms. The summed E-state index contributed by atoms with van der Waals surface area (Å²) in [5, 5.41) is 4.66. The van der Waals surface area contributed by atoms with Gasteiger partial charge in [0, 0.05) is 18.5 Å². The van der Waals surface area contributed by atoms with Crippen LogP contribution in [0.1, 0.15) is 22.7 Å². The van der Waals surface area contributed by atoms with Crippen LogP contribution in [0.2, 0.25) is 0 Å². The Balaban J connectivity index is 1.57. The standard InChI is InChI=1S/C15H17N3O5S2/c1-18(11-4-6-25(21,22)9-11)13(19)7-10-8-24-15(16-10)17-14(20)12-3-2-5-23-12/h2-3,5,8,11H,4,6-7,9H2,1H3,(H,16,17,20)/t11-/m0/s1. The van der Waals surface area contributed by atoms with E-state index in [1.807, 2.05) is 0 Å². The fraction of sp³-hybridized carbons (Fsp3) is 0.400. The SMILES string of the molecule is CN(C(=O)Cc1csc(NC(=O)c2ccco2)n1)[C@H]1CCS(=O)(=O)C1. The van der Waals surface area contributed by atoms with Crippen molar-refractivity contribution >= 4 is 38.1 Å². The molecule has 2 amide bonds. The van der Waals surface area contributed by atoms with Gasteiger partial charge < -0.3 is 9.32 Å². The Morgan fingerprint density at radius 3 is 2.92 bits per heavy atom. The molecule has 1 atom stereocenters. The second-order valence-corrected chi connectivity index (χ2v) is 8.90. The van der Waals surface area contributed by atoms with Gasteiger partial charge >= 0.3 is 0 Å². The summed E-state index contributed by atoms with van der Waals surface area (Å²) >= 11 is 1.21. The van der Waals surface area contributed by atoms with Crippen molar-refractivity contribution in [2.45, 2.75) is 18.9 Å². The number of carbonyl (C=O) groups excluding carboxylic acids is 2. The molecular formula is C15H17N3O5S2. The molecule has 8 nitrogen and oxygen atoms in total. The Morgan fingerprint density at radius 2 is 2.28 bits per heavy atom. The molecule has 134 valence electrons. The van der Waals surface area contributed by atoms with Crippen LogP contribution in [-0.2, 0) is 21.1 Å². The number of anilines is 1. The number of thiazole rings is 1. The number of nitrogens with one attached hydrogen (secondary N) is 1. The number of aromatic nitrogens is 1. The van der Waals surface area contributed by atoms with Gasteiger partial charge in [-0.1, -0.05) is 0 Å². The average molecular weight is 383 g/mol. The molecule has 0 saturated carbocycles. The zero-order chi connectivity index (χ0) is 18.0. The van der Waals surface area contributed by atoms with Gasteiger partial charge in [0.2, 0.25) is 5.91 Å². The lowest BCUT2D eigenvalue weighted by Crippen LogP contribution is -2.38. The smallest absolute Gasteiger partial charge is 0.293 e. The summed E-state index contributed by atoms with van der Waals surface area (Å²) in [6.45, 7) is 0. The summed E-state index contributed by atoms with van der Waals surface area (Å²) in [7, 11) is -1.43. The van der Waals surface area contributed by atoms with Crippen molar-refractivity contribution in [3.05, 3.63) is 35.2 Å². The third-order valence-corrected chi connectivity index (χ3v) is 6.56. The lowest BCUT2D eigenvalue weighted by molar-refractivity contribution is -0.130. The highest BCUT2D eigenvalue weighted by Crippen LogP contribution is 2.20. The van der Waals surface area contributed by atoms with E-state index in [4.69, 9.17) is 4.42 Å². The average Bonchev–Trinajstić information content (AvgIpc) is 3.27. The molecule has 1 saturated heterocycles. The molecule has 0 bridgehead atoms. The summed E-state index contributed by atoms with van der Waals surface area (Å²) in [6.07, 6.45) is 1.92. The summed E-state index contributed by atoms with van der Waals surface area (Å²) < 4.78 is 28.1. The molecule has 2 aromatic heterocycles. The summed E-state index contributed by atoms with van der Waals surface area (Å²) in [5.41, 5.74) is 0.525. The fourth-order valence-electron chi connectivity index (χ4n) is 2.58. The van der Waals surface area contributed by atoms with Gasteiger partial charge in [0.05, 0.1) is 29.9 Å². The Bertz CT molecular complexity index is 873. The number of hydrogen-bond donors (Lipinski definition) is 1. The molecule has 3 rings (SSSR count). The third kappa shape index (κ3) is 4.26. The minimum Gasteiger partial charge on any atom is -0.459 e. The maximum absolute atomic E-state index is 12.3. The van der Waals surface area contributed by atoms with Crippen molar-refractivity contribution in [3.8, 4) is 0 Å². The molecule has 1 aliphatic heterocycles. The molecule has 0 aromatic carbocycles. The Hall–Kier alpha value is -2.20. The summed E-state index contributed by atoms with van der Waals surface area (Å²) in [4.78, 5) is 29.9. The highest BCUT2D eigenvalue weighted by molar-refractivity contribution is 7.91. The normalized spacial score (nSPS) is 18.8. The molecule has 2 aromatic rings. The molecule has 3 heterocycles. The van der Waals surface area contributed by atoms with Crippen molar-refractivity contribution in [2.75, 3.05) is 23.9 Å². The monoisotopic (exact) mass is 383 g/mol. The van der Waals surface area contributed by atoms with E-state index in [9.17, 15) is 18.0 Å². The van der Waals surface area contributed by atoms with E-state index in [0.717, 1.165) is 0 Å². The minimum absolute atomic E-state index is 0.0107. The molecule has 10 heteroatoms. The highest BCUT2D eigenvalue weighted by Gasteiger charge is 2.32. The maximum Gasteiger partial charge on any atom is 0.293 e. The molecule has 1 fully saturated rings. The first-order valence-electron chi connectivity index (χ1n) is 7.59. The van der Waals surface area contributed by atoms with Crippen molar-refractivity contribution in [1.82, 2.24) is 9.88 Å². The topological polar surface area (TPSA) is 110 Å². The van der Waals surface area contributed by atoms with Crippen molar-refractivity contribution < 1.29 is 22.4 Å². The largest absolute Gasteiger partial charge is 0.459 e. The number of rotatable bonds is 5. The van der Waals surface area contributed by atoms with E-state index in [1.54, 1.807) is 18.5 Å². The van der Waals surface area contributed by atoms with E-state index in [0.29, 0.717) is 17.2 Å². The minimum atomic E-state index is -3.04. The van der Waals surface area contributed by atoms with Crippen LogP contribution >= 0.6 is 11.3 Å². The van der Waals surface area contributed by atoms with E-state index >= 15 is 0 Å². The van der Waals surface area contributed by atoms with E-state index in [-0.39, 0.29) is 35.6 Å². The number of carbonyl (C=O) groups is 2. The summed E-state index contributed by atoms with van der Waals surface area (Å²) in [5.74, 6) is -0.303. The Morgan fingerprint density at radius 1 is 1.48 bits per heavy atom. The number of nitrogens with zero attached hydrogens (tertiary/aromatic N) is 2. The zero-order valence-electron chi connectivity index (χ0n) is 13.5. The van der Waals surface area contributed by atoms with Gasteiger partial charge in [-0.25, -0.2) is 13.4 Å². The summed E-state index contributed by atoms with van der Waals surface area (Å²) in [6, 6.07) is 2.87. The van der Waals surface area contributed by atoms with E-state index < -0.39 is 15.7 Å². The number of sulfone groups is 1. The Labute approximate surface area is 148 Å². The predicted molar refractivity (Wildman–Crippen MR) is 92.3 cm³/mol.